The molecule has 0 amide bonds. The molecule has 1 aromatic carbocycles. The second-order valence-corrected chi connectivity index (χ2v) is 6.26. The fraction of sp³-hybridized carbons (Fsp3) is 0.538. The van der Waals surface area contributed by atoms with E-state index in [9.17, 15) is 5.11 Å². The van der Waals surface area contributed by atoms with Crippen molar-refractivity contribution >= 4 is 23.4 Å². The molecule has 0 saturated heterocycles. The maximum atomic E-state index is 9.44. The SMILES string of the molecule is CC(C)C(C)Sc1ccc([C@H](C)O)cc1Cl. The average molecular weight is 259 g/mol. The van der Waals surface area contributed by atoms with Gasteiger partial charge in [0.05, 0.1) is 11.1 Å². The molecule has 1 nitrogen and oxygen atoms in total. The van der Waals surface area contributed by atoms with Crippen LogP contribution in [-0.4, -0.2) is 10.4 Å². The molecule has 0 radical (unpaired) electrons. The van der Waals surface area contributed by atoms with Crippen LogP contribution < -0.4 is 0 Å². The summed E-state index contributed by atoms with van der Waals surface area (Å²) in [6, 6.07) is 5.78. The lowest BCUT2D eigenvalue weighted by Crippen LogP contribution is -2.05. The monoisotopic (exact) mass is 258 g/mol. The fourth-order valence-corrected chi connectivity index (χ4v) is 2.52. The normalized spacial score (nSPS) is 15.2. The molecular weight excluding hydrogens is 240 g/mol. The van der Waals surface area contributed by atoms with E-state index in [0.29, 0.717) is 11.2 Å². The second-order valence-electron chi connectivity index (χ2n) is 4.43. The number of aliphatic hydroxyl groups excluding tert-OH is 1. The Balaban J connectivity index is 2.83. The third kappa shape index (κ3) is 3.69. The first-order valence-electron chi connectivity index (χ1n) is 5.56. The van der Waals surface area contributed by atoms with Gasteiger partial charge in [0, 0.05) is 10.1 Å². The number of thioether (sulfide) groups is 1. The molecule has 0 aliphatic carbocycles. The van der Waals surface area contributed by atoms with Crippen molar-refractivity contribution in [3.63, 3.8) is 0 Å². The highest BCUT2D eigenvalue weighted by Gasteiger charge is 2.12. The van der Waals surface area contributed by atoms with Gasteiger partial charge in [-0.15, -0.1) is 11.8 Å². The van der Waals surface area contributed by atoms with Crippen molar-refractivity contribution in [2.24, 2.45) is 5.92 Å². The van der Waals surface area contributed by atoms with E-state index in [2.05, 4.69) is 20.8 Å². The molecule has 1 aromatic rings. The van der Waals surface area contributed by atoms with Gasteiger partial charge < -0.3 is 5.11 Å². The fourth-order valence-electron chi connectivity index (χ4n) is 1.21. The number of rotatable bonds is 4. The molecule has 0 aliphatic heterocycles. The predicted molar refractivity (Wildman–Crippen MR) is 72.2 cm³/mol. The molecule has 0 saturated carbocycles. The smallest absolute Gasteiger partial charge is 0.0762 e. The quantitative estimate of drug-likeness (QED) is 0.801. The van der Waals surface area contributed by atoms with E-state index in [1.54, 1.807) is 18.7 Å². The lowest BCUT2D eigenvalue weighted by atomic mass is 10.1. The summed E-state index contributed by atoms with van der Waals surface area (Å²) < 4.78 is 0. The van der Waals surface area contributed by atoms with Gasteiger partial charge in [-0.1, -0.05) is 38.4 Å². The Bertz CT molecular complexity index is 350. The predicted octanol–water partition coefficient (Wildman–Crippen LogP) is 4.53. The molecular formula is C13H19ClOS. The highest BCUT2D eigenvalue weighted by Crippen LogP contribution is 2.34. The Hall–Kier alpha value is -0.180. The van der Waals surface area contributed by atoms with Crippen LogP contribution in [0.3, 0.4) is 0 Å². The summed E-state index contributed by atoms with van der Waals surface area (Å²) in [5.41, 5.74) is 0.867. The van der Waals surface area contributed by atoms with Crippen LogP contribution in [0.25, 0.3) is 0 Å². The van der Waals surface area contributed by atoms with Crippen LogP contribution in [0.5, 0.6) is 0 Å². The number of benzene rings is 1. The first kappa shape index (κ1) is 13.9. The minimum atomic E-state index is -0.459. The zero-order chi connectivity index (χ0) is 12.3. The number of halogens is 1. The molecule has 0 heterocycles. The standard InChI is InChI=1S/C13H19ClOS/c1-8(2)10(4)16-13-6-5-11(9(3)15)7-12(13)14/h5-10,15H,1-4H3/t9-,10?/m0/s1. The van der Waals surface area contributed by atoms with E-state index in [1.807, 2.05) is 18.2 Å². The van der Waals surface area contributed by atoms with Gasteiger partial charge in [-0.25, -0.2) is 0 Å². The third-order valence-electron chi connectivity index (χ3n) is 2.69. The Kier molecular flexibility index (Phi) is 5.16. The van der Waals surface area contributed by atoms with Crippen LogP contribution in [0.1, 0.15) is 39.4 Å². The van der Waals surface area contributed by atoms with Gasteiger partial charge >= 0.3 is 0 Å². The molecule has 3 heteroatoms. The van der Waals surface area contributed by atoms with Crippen molar-refractivity contribution < 1.29 is 5.11 Å². The summed E-state index contributed by atoms with van der Waals surface area (Å²) in [5, 5.41) is 10.7. The summed E-state index contributed by atoms with van der Waals surface area (Å²) in [5.74, 6) is 0.623. The van der Waals surface area contributed by atoms with Gasteiger partial charge in [-0.05, 0) is 30.5 Å². The first-order valence-corrected chi connectivity index (χ1v) is 6.81. The molecule has 1 unspecified atom stereocenters. The van der Waals surface area contributed by atoms with E-state index in [0.717, 1.165) is 15.5 Å². The molecule has 0 aromatic heterocycles. The molecule has 0 spiro atoms. The Morgan fingerprint density at radius 1 is 1.19 bits per heavy atom. The van der Waals surface area contributed by atoms with Gasteiger partial charge in [0.2, 0.25) is 0 Å². The number of hydrogen-bond donors (Lipinski definition) is 1. The lowest BCUT2D eigenvalue weighted by molar-refractivity contribution is 0.199. The maximum Gasteiger partial charge on any atom is 0.0762 e. The number of aliphatic hydroxyl groups is 1. The largest absolute Gasteiger partial charge is 0.389 e. The van der Waals surface area contributed by atoms with Crippen LogP contribution in [0.15, 0.2) is 23.1 Å². The lowest BCUT2D eigenvalue weighted by Gasteiger charge is -2.16. The second kappa shape index (κ2) is 5.95. The van der Waals surface area contributed by atoms with E-state index in [-0.39, 0.29) is 0 Å². The van der Waals surface area contributed by atoms with E-state index < -0.39 is 6.10 Å². The summed E-state index contributed by atoms with van der Waals surface area (Å²) in [6.45, 7) is 8.36. The highest BCUT2D eigenvalue weighted by molar-refractivity contribution is 8.00. The van der Waals surface area contributed by atoms with Crippen LogP contribution in [0, 0.1) is 5.92 Å². The molecule has 90 valence electrons. The Labute approximate surface area is 107 Å². The van der Waals surface area contributed by atoms with Gasteiger partial charge in [-0.2, -0.15) is 0 Å². The molecule has 1 N–H and O–H groups in total. The zero-order valence-electron chi connectivity index (χ0n) is 10.2. The zero-order valence-corrected chi connectivity index (χ0v) is 11.8. The number of hydrogen-bond acceptors (Lipinski definition) is 2. The van der Waals surface area contributed by atoms with Crippen molar-refractivity contribution in [1.82, 2.24) is 0 Å². The molecule has 2 atom stereocenters. The summed E-state index contributed by atoms with van der Waals surface area (Å²) in [4.78, 5) is 1.09. The van der Waals surface area contributed by atoms with E-state index >= 15 is 0 Å². The Morgan fingerprint density at radius 3 is 2.25 bits per heavy atom. The topological polar surface area (TPSA) is 20.2 Å². The average Bonchev–Trinajstić information content (AvgIpc) is 2.20. The van der Waals surface area contributed by atoms with Gasteiger partial charge in [0.15, 0.2) is 0 Å². The van der Waals surface area contributed by atoms with E-state index in [1.165, 1.54) is 0 Å². The van der Waals surface area contributed by atoms with Crippen molar-refractivity contribution in [2.45, 2.75) is 43.9 Å². The van der Waals surface area contributed by atoms with Crippen LogP contribution in [0.2, 0.25) is 5.02 Å². The van der Waals surface area contributed by atoms with Gasteiger partial charge in [0.1, 0.15) is 0 Å². The highest BCUT2D eigenvalue weighted by atomic mass is 35.5. The molecule has 1 rings (SSSR count). The van der Waals surface area contributed by atoms with Crippen molar-refractivity contribution in [1.29, 1.82) is 0 Å². The Morgan fingerprint density at radius 2 is 1.81 bits per heavy atom. The molecule has 0 fully saturated rings. The molecule has 0 aliphatic rings. The summed E-state index contributed by atoms with van der Waals surface area (Å²) >= 11 is 7.98. The van der Waals surface area contributed by atoms with Crippen LogP contribution in [0.4, 0.5) is 0 Å². The first-order chi connectivity index (χ1) is 7.41. The third-order valence-corrected chi connectivity index (χ3v) is 4.64. The maximum absolute atomic E-state index is 9.44. The minimum Gasteiger partial charge on any atom is -0.389 e. The van der Waals surface area contributed by atoms with Crippen molar-refractivity contribution in [3.05, 3.63) is 28.8 Å². The summed E-state index contributed by atoms with van der Waals surface area (Å²) in [7, 11) is 0. The molecule has 0 bridgehead atoms. The van der Waals surface area contributed by atoms with Crippen molar-refractivity contribution in [3.8, 4) is 0 Å². The van der Waals surface area contributed by atoms with Crippen LogP contribution in [-0.2, 0) is 0 Å². The summed E-state index contributed by atoms with van der Waals surface area (Å²) in [6.07, 6.45) is -0.459. The van der Waals surface area contributed by atoms with E-state index in [4.69, 9.17) is 11.6 Å². The van der Waals surface area contributed by atoms with Gasteiger partial charge in [-0.3, -0.25) is 0 Å². The van der Waals surface area contributed by atoms with Crippen molar-refractivity contribution in [2.75, 3.05) is 0 Å². The molecule has 16 heavy (non-hydrogen) atoms. The minimum absolute atomic E-state index is 0.459. The van der Waals surface area contributed by atoms with Crippen LogP contribution >= 0.6 is 23.4 Å². The van der Waals surface area contributed by atoms with Gasteiger partial charge in [0.25, 0.3) is 0 Å².